The highest BCUT2D eigenvalue weighted by Crippen LogP contribution is 2.30. The molecule has 2 aliphatic heterocycles. The fourth-order valence-corrected chi connectivity index (χ4v) is 4.48. The first kappa shape index (κ1) is 16.2. The average Bonchev–Trinajstić information content (AvgIpc) is 3.37. The van der Waals surface area contributed by atoms with Crippen LogP contribution in [-0.2, 0) is 16.0 Å². The van der Waals surface area contributed by atoms with E-state index in [2.05, 4.69) is 34.9 Å². The molecule has 3 heterocycles. The Morgan fingerprint density at radius 3 is 2.50 bits per heavy atom. The number of aromatic nitrogens is 2. The third-order valence-electron chi connectivity index (χ3n) is 4.72. The number of nitrogens with zero attached hydrogens (tertiary/aromatic N) is 2. The Morgan fingerprint density at radius 2 is 1.79 bits per heavy atom. The van der Waals surface area contributed by atoms with Crippen LogP contribution in [0.1, 0.15) is 25.7 Å². The minimum atomic E-state index is 0.309. The summed E-state index contributed by atoms with van der Waals surface area (Å²) >= 11 is 1.81. The predicted molar refractivity (Wildman–Crippen MR) is 96.3 cm³/mol. The Hall–Kier alpha value is -1.30. The summed E-state index contributed by atoms with van der Waals surface area (Å²) in [6, 6.07) is 10.5. The average molecular weight is 344 g/mol. The highest BCUT2D eigenvalue weighted by Gasteiger charge is 2.22. The first-order valence-corrected chi connectivity index (χ1v) is 9.85. The summed E-state index contributed by atoms with van der Waals surface area (Å²) in [6.07, 6.45) is 7.35. The summed E-state index contributed by atoms with van der Waals surface area (Å²) < 4.78 is 14.0. The van der Waals surface area contributed by atoms with Crippen molar-refractivity contribution in [3.8, 4) is 11.3 Å². The molecule has 2 aromatic rings. The van der Waals surface area contributed by atoms with E-state index in [1.807, 2.05) is 18.0 Å². The molecule has 0 N–H and O–H groups in total. The Balaban J connectivity index is 1.56. The molecule has 4 rings (SSSR count). The summed E-state index contributed by atoms with van der Waals surface area (Å²) in [5, 5.41) is 1.08. The maximum atomic E-state index is 5.87. The van der Waals surface area contributed by atoms with Gasteiger partial charge in [-0.25, -0.2) is 4.98 Å². The third kappa shape index (κ3) is 3.68. The topological polar surface area (TPSA) is 36.3 Å². The summed E-state index contributed by atoms with van der Waals surface area (Å²) in [5.41, 5.74) is 2.40. The van der Waals surface area contributed by atoms with Gasteiger partial charge in [-0.2, -0.15) is 0 Å². The molecule has 1 aromatic heterocycles. The van der Waals surface area contributed by atoms with Crippen molar-refractivity contribution >= 4 is 11.8 Å². The Kier molecular flexibility index (Phi) is 5.21. The minimum Gasteiger partial charge on any atom is -0.377 e. The lowest BCUT2D eigenvalue weighted by Crippen LogP contribution is -2.17. The molecule has 24 heavy (non-hydrogen) atoms. The molecule has 4 nitrogen and oxygen atoms in total. The fourth-order valence-electron chi connectivity index (χ4n) is 3.42. The van der Waals surface area contributed by atoms with E-state index in [4.69, 9.17) is 14.5 Å². The van der Waals surface area contributed by atoms with Crippen molar-refractivity contribution in [1.82, 2.24) is 9.55 Å². The van der Waals surface area contributed by atoms with Crippen molar-refractivity contribution in [3.05, 3.63) is 36.5 Å². The van der Waals surface area contributed by atoms with Crippen LogP contribution < -0.4 is 0 Å². The summed E-state index contributed by atoms with van der Waals surface area (Å²) in [7, 11) is 0. The molecule has 2 atom stereocenters. The first-order chi connectivity index (χ1) is 11.9. The van der Waals surface area contributed by atoms with Crippen molar-refractivity contribution in [2.24, 2.45) is 0 Å². The first-order valence-electron chi connectivity index (χ1n) is 8.87. The van der Waals surface area contributed by atoms with Crippen LogP contribution in [0.4, 0.5) is 0 Å². The largest absolute Gasteiger partial charge is 0.377 e. The van der Waals surface area contributed by atoms with Gasteiger partial charge in [0.2, 0.25) is 0 Å². The van der Waals surface area contributed by atoms with Gasteiger partial charge in [-0.05, 0) is 31.2 Å². The van der Waals surface area contributed by atoms with Gasteiger partial charge in [0, 0.05) is 19.0 Å². The van der Waals surface area contributed by atoms with E-state index in [1.54, 1.807) is 0 Å². The molecule has 1 aromatic carbocycles. The van der Waals surface area contributed by atoms with Crippen LogP contribution in [0, 0.1) is 0 Å². The molecule has 0 radical (unpaired) electrons. The van der Waals surface area contributed by atoms with Crippen molar-refractivity contribution < 1.29 is 9.47 Å². The normalized spacial score (nSPS) is 23.8. The van der Waals surface area contributed by atoms with Gasteiger partial charge in [-0.3, -0.25) is 0 Å². The summed E-state index contributed by atoms with van der Waals surface area (Å²) in [5.74, 6) is 0.983. The monoisotopic (exact) mass is 344 g/mol. The standard InChI is InChI=1S/C19H24N2O2S/c1-2-6-15(7-3-1)18-12-20-19(24-14-17-9-5-11-23-17)21(18)13-16-8-4-10-22-16/h1-3,6-7,12,16-17H,4-5,8-11,13-14H2/t16-,17-/m0/s1. The lowest BCUT2D eigenvalue weighted by molar-refractivity contribution is 0.0953. The Bertz CT molecular complexity index is 647. The van der Waals surface area contributed by atoms with Crippen LogP contribution in [0.3, 0.4) is 0 Å². The Morgan fingerprint density at radius 1 is 1.04 bits per heavy atom. The Labute approximate surface area is 147 Å². The van der Waals surface area contributed by atoms with Gasteiger partial charge in [-0.1, -0.05) is 42.1 Å². The highest BCUT2D eigenvalue weighted by molar-refractivity contribution is 7.99. The summed E-state index contributed by atoms with van der Waals surface area (Å²) in [4.78, 5) is 4.71. The zero-order valence-electron chi connectivity index (χ0n) is 13.9. The van der Waals surface area contributed by atoms with E-state index in [0.717, 1.165) is 37.1 Å². The quantitative estimate of drug-likeness (QED) is 0.742. The van der Waals surface area contributed by atoms with Crippen molar-refractivity contribution in [2.75, 3.05) is 19.0 Å². The number of thioether (sulfide) groups is 1. The van der Waals surface area contributed by atoms with E-state index in [1.165, 1.54) is 30.5 Å². The second kappa shape index (κ2) is 7.72. The number of hydrogen-bond donors (Lipinski definition) is 0. The zero-order valence-corrected chi connectivity index (χ0v) is 14.7. The van der Waals surface area contributed by atoms with Crippen LogP contribution in [0.5, 0.6) is 0 Å². The van der Waals surface area contributed by atoms with Crippen LogP contribution in [0.15, 0.2) is 41.7 Å². The maximum Gasteiger partial charge on any atom is 0.168 e. The number of hydrogen-bond acceptors (Lipinski definition) is 4. The van der Waals surface area contributed by atoms with Gasteiger partial charge in [0.25, 0.3) is 0 Å². The van der Waals surface area contributed by atoms with E-state index in [9.17, 15) is 0 Å². The van der Waals surface area contributed by atoms with E-state index in [0.29, 0.717) is 12.2 Å². The molecule has 0 amide bonds. The van der Waals surface area contributed by atoms with E-state index < -0.39 is 0 Å². The smallest absolute Gasteiger partial charge is 0.168 e. The molecule has 0 bridgehead atoms. The van der Waals surface area contributed by atoms with E-state index in [-0.39, 0.29) is 0 Å². The second-order valence-electron chi connectivity index (χ2n) is 6.48. The molecule has 128 valence electrons. The molecular weight excluding hydrogens is 320 g/mol. The minimum absolute atomic E-state index is 0.309. The summed E-state index contributed by atoms with van der Waals surface area (Å²) in [6.45, 7) is 2.68. The van der Waals surface area contributed by atoms with E-state index >= 15 is 0 Å². The molecule has 0 unspecified atom stereocenters. The molecule has 0 spiro atoms. The molecule has 0 aliphatic carbocycles. The SMILES string of the molecule is c1ccc(-c2cnc(SC[C@@H]3CCCO3)n2C[C@@H]2CCCO2)cc1. The van der Waals surface area contributed by atoms with Gasteiger partial charge >= 0.3 is 0 Å². The van der Waals surface area contributed by atoms with Crippen molar-refractivity contribution in [2.45, 2.75) is 49.6 Å². The third-order valence-corrected chi connectivity index (χ3v) is 5.84. The highest BCUT2D eigenvalue weighted by atomic mass is 32.2. The molecular formula is C19H24N2O2S. The number of rotatable bonds is 6. The van der Waals surface area contributed by atoms with Crippen LogP contribution >= 0.6 is 11.8 Å². The molecule has 2 aliphatic rings. The number of imidazole rings is 1. The lowest BCUT2D eigenvalue weighted by atomic mass is 10.1. The van der Waals surface area contributed by atoms with Gasteiger partial charge in [0.15, 0.2) is 5.16 Å². The van der Waals surface area contributed by atoms with Gasteiger partial charge < -0.3 is 14.0 Å². The van der Waals surface area contributed by atoms with Crippen LogP contribution in [0.25, 0.3) is 11.3 Å². The van der Waals surface area contributed by atoms with Crippen molar-refractivity contribution in [1.29, 1.82) is 0 Å². The molecule has 2 saturated heterocycles. The molecule has 2 fully saturated rings. The van der Waals surface area contributed by atoms with Crippen molar-refractivity contribution in [3.63, 3.8) is 0 Å². The fraction of sp³-hybridized carbons (Fsp3) is 0.526. The predicted octanol–water partition coefficient (Wildman–Crippen LogP) is 4.00. The maximum absolute atomic E-state index is 5.87. The second-order valence-corrected chi connectivity index (χ2v) is 7.47. The zero-order chi connectivity index (χ0) is 16.2. The molecule has 0 saturated carbocycles. The molecule has 5 heteroatoms. The lowest BCUT2D eigenvalue weighted by Gasteiger charge is -2.17. The van der Waals surface area contributed by atoms with Gasteiger partial charge in [0.1, 0.15) is 0 Å². The van der Waals surface area contributed by atoms with Gasteiger partial charge in [-0.15, -0.1) is 0 Å². The van der Waals surface area contributed by atoms with Crippen LogP contribution in [0.2, 0.25) is 0 Å². The number of ether oxygens (including phenoxy) is 2. The van der Waals surface area contributed by atoms with Crippen LogP contribution in [-0.4, -0.2) is 40.7 Å². The van der Waals surface area contributed by atoms with Gasteiger partial charge in [0.05, 0.1) is 30.6 Å². The number of benzene rings is 1.